The molecule has 1 heterocycles. The van der Waals surface area contributed by atoms with Gasteiger partial charge in [0.15, 0.2) is 0 Å². The van der Waals surface area contributed by atoms with Crippen LogP contribution in [0, 0.1) is 5.92 Å². The van der Waals surface area contributed by atoms with Gasteiger partial charge in [0.1, 0.15) is 5.60 Å². The van der Waals surface area contributed by atoms with Gasteiger partial charge in [-0.05, 0) is 39.5 Å². The van der Waals surface area contributed by atoms with Gasteiger partial charge in [0.2, 0.25) is 0 Å². The third-order valence-corrected chi connectivity index (χ3v) is 3.04. The van der Waals surface area contributed by atoms with Gasteiger partial charge >= 0.3 is 6.03 Å². The molecule has 0 aromatic carbocycles. The van der Waals surface area contributed by atoms with Crippen LogP contribution in [0.15, 0.2) is 0 Å². The van der Waals surface area contributed by atoms with E-state index in [1.165, 1.54) is 0 Å². The highest BCUT2D eigenvalue weighted by atomic mass is 16.3. The molecule has 86 valence electrons. The Morgan fingerprint density at radius 1 is 1.40 bits per heavy atom. The van der Waals surface area contributed by atoms with Crippen LogP contribution >= 0.6 is 0 Å². The van der Waals surface area contributed by atoms with Crippen molar-refractivity contribution in [1.29, 1.82) is 0 Å². The zero-order valence-corrected chi connectivity index (χ0v) is 9.71. The number of nitrogens with one attached hydrogen (secondary N) is 1. The number of amides is 2. The highest BCUT2D eigenvalue weighted by Crippen LogP contribution is 2.44. The van der Waals surface area contributed by atoms with Crippen molar-refractivity contribution in [3.8, 4) is 0 Å². The van der Waals surface area contributed by atoms with E-state index in [0.717, 1.165) is 12.8 Å². The molecule has 2 aliphatic rings. The fourth-order valence-corrected chi connectivity index (χ4v) is 2.04. The van der Waals surface area contributed by atoms with Gasteiger partial charge in [-0.15, -0.1) is 0 Å². The predicted molar refractivity (Wildman–Crippen MR) is 57.5 cm³/mol. The zero-order valence-electron chi connectivity index (χ0n) is 9.71. The quantitative estimate of drug-likeness (QED) is 0.680. The molecule has 0 aromatic heterocycles. The molecule has 0 radical (unpaired) electrons. The highest BCUT2D eigenvalue weighted by molar-refractivity contribution is 5.76. The lowest BCUT2D eigenvalue weighted by Gasteiger charge is -2.47. The molecule has 4 heteroatoms. The maximum Gasteiger partial charge on any atom is 0.318 e. The molecule has 1 aliphatic heterocycles. The standard InChI is InChI=1S/C11H20N2O2/c1-10(2,3)12-9(14)13-6-11(15,7-13)8-4-5-8/h8,15H,4-7H2,1-3H3,(H,12,14). The summed E-state index contributed by atoms with van der Waals surface area (Å²) in [4.78, 5) is 13.4. The lowest BCUT2D eigenvalue weighted by molar-refractivity contribution is -0.0924. The molecule has 1 saturated heterocycles. The third kappa shape index (κ3) is 2.25. The molecule has 0 atom stereocenters. The first-order valence-electron chi connectivity index (χ1n) is 5.60. The SMILES string of the molecule is CC(C)(C)NC(=O)N1CC(O)(C2CC2)C1. The van der Waals surface area contributed by atoms with E-state index in [-0.39, 0.29) is 11.6 Å². The summed E-state index contributed by atoms with van der Waals surface area (Å²) in [6.07, 6.45) is 2.23. The van der Waals surface area contributed by atoms with Crippen LogP contribution in [0.5, 0.6) is 0 Å². The molecule has 0 bridgehead atoms. The van der Waals surface area contributed by atoms with Gasteiger partial charge in [0.25, 0.3) is 0 Å². The summed E-state index contributed by atoms with van der Waals surface area (Å²) in [5, 5.41) is 12.9. The van der Waals surface area contributed by atoms with Crippen LogP contribution in [-0.4, -0.2) is 40.3 Å². The second-order valence-electron chi connectivity index (χ2n) is 5.91. The summed E-state index contributed by atoms with van der Waals surface area (Å²) in [7, 11) is 0. The number of β-amino-alcohol motifs (C(OH)–C–C–N with tert-alkyl or cyclic N) is 1. The molecule has 0 aromatic rings. The van der Waals surface area contributed by atoms with Gasteiger partial charge in [0.05, 0.1) is 13.1 Å². The van der Waals surface area contributed by atoms with E-state index < -0.39 is 5.60 Å². The molecule has 0 spiro atoms. The molecule has 2 amide bonds. The third-order valence-electron chi connectivity index (χ3n) is 3.04. The van der Waals surface area contributed by atoms with E-state index in [9.17, 15) is 9.90 Å². The molecular formula is C11H20N2O2. The minimum atomic E-state index is -0.574. The minimum Gasteiger partial charge on any atom is -0.386 e. The van der Waals surface area contributed by atoms with Crippen LogP contribution in [0.2, 0.25) is 0 Å². The summed E-state index contributed by atoms with van der Waals surface area (Å²) >= 11 is 0. The Balaban J connectivity index is 1.81. The van der Waals surface area contributed by atoms with E-state index >= 15 is 0 Å². The zero-order chi connectivity index (χ0) is 11.3. The van der Waals surface area contributed by atoms with Crippen molar-refractivity contribution < 1.29 is 9.90 Å². The van der Waals surface area contributed by atoms with Crippen LogP contribution in [0.3, 0.4) is 0 Å². The van der Waals surface area contributed by atoms with Gasteiger partial charge in [-0.3, -0.25) is 0 Å². The van der Waals surface area contributed by atoms with E-state index in [0.29, 0.717) is 19.0 Å². The number of carbonyl (C=O) groups excluding carboxylic acids is 1. The van der Waals surface area contributed by atoms with Crippen LogP contribution in [-0.2, 0) is 0 Å². The van der Waals surface area contributed by atoms with Gasteiger partial charge in [0, 0.05) is 5.54 Å². The number of likely N-dealkylation sites (tertiary alicyclic amines) is 1. The fourth-order valence-electron chi connectivity index (χ4n) is 2.04. The smallest absolute Gasteiger partial charge is 0.318 e. The van der Waals surface area contributed by atoms with Crippen LogP contribution in [0.25, 0.3) is 0 Å². The number of rotatable bonds is 1. The van der Waals surface area contributed by atoms with E-state index in [1.807, 2.05) is 20.8 Å². The first kappa shape index (κ1) is 10.7. The molecule has 2 fully saturated rings. The lowest BCUT2D eigenvalue weighted by atomic mass is 9.89. The summed E-state index contributed by atoms with van der Waals surface area (Å²) in [6.45, 7) is 6.87. The highest BCUT2D eigenvalue weighted by Gasteiger charge is 2.53. The summed E-state index contributed by atoms with van der Waals surface area (Å²) < 4.78 is 0. The van der Waals surface area contributed by atoms with Crippen LogP contribution in [0.4, 0.5) is 4.79 Å². The Morgan fingerprint density at radius 3 is 2.33 bits per heavy atom. The van der Waals surface area contributed by atoms with E-state index in [1.54, 1.807) is 4.90 Å². The summed E-state index contributed by atoms with van der Waals surface area (Å²) in [5.74, 6) is 0.441. The Labute approximate surface area is 90.6 Å². The van der Waals surface area contributed by atoms with Crippen molar-refractivity contribution in [3.63, 3.8) is 0 Å². The predicted octanol–water partition coefficient (Wildman–Crippen LogP) is 0.951. The molecule has 0 unspecified atom stereocenters. The maximum absolute atomic E-state index is 11.7. The molecule has 1 aliphatic carbocycles. The number of nitrogens with zero attached hydrogens (tertiary/aromatic N) is 1. The molecule has 4 nitrogen and oxygen atoms in total. The van der Waals surface area contributed by atoms with E-state index in [4.69, 9.17) is 0 Å². The summed E-state index contributed by atoms with van der Waals surface area (Å²) in [5.41, 5.74) is -0.778. The van der Waals surface area contributed by atoms with Crippen LogP contribution < -0.4 is 5.32 Å². The van der Waals surface area contributed by atoms with Crippen molar-refractivity contribution in [3.05, 3.63) is 0 Å². The molecule has 15 heavy (non-hydrogen) atoms. The summed E-state index contributed by atoms with van der Waals surface area (Å²) in [6, 6.07) is -0.0622. The second-order valence-corrected chi connectivity index (χ2v) is 5.91. The van der Waals surface area contributed by atoms with Gasteiger partial charge in [-0.25, -0.2) is 4.79 Å². The monoisotopic (exact) mass is 212 g/mol. The maximum atomic E-state index is 11.7. The van der Waals surface area contributed by atoms with Crippen molar-refractivity contribution in [2.24, 2.45) is 5.92 Å². The van der Waals surface area contributed by atoms with Gasteiger partial charge < -0.3 is 15.3 Å². The number of carbonyl (C=O) groups is 1. The van der Waals surface area contributed by atoms with Crippen molar-refractivity contribution in [2.45, 2.75) is 44.8 Å². The fraction of sp³-hybridized carbons (Fsp3) is 0.909. The average molecular weight is 212 g/mol. The Kier molecular flexibility index (Phi) is 2.23. The lowest BCUT2D eigenvalue weighted by Crippen LogP contribution is -2.67. The molecule has 2 N–H and O–H groups in total. The second kappa shape index (κ2) is 3.11. The molecule has 2 rings (SSSR count). The van der Waals surface area contributed by atoms with Crippen molar-refractivity contribution in [1.82, 2.24) is 10.2 Å². The first-order chi connectivity index (χ1) is 6.80. The van der Waals surface area contributed by atoms with Gasteiger partial charge in [-0.2, -0.15) is 0 Å². The Hall–Kier alpha value is -0.770. The Morgan fingerprint density at radius 2 is 1.93 bits per heavy atom. The number of aliphatic hydroxyl groups is 1. The number of hydrogen-bond donors (Lipinski definition) is 2. The topological polar surface area (TPSA) is 52.6 Å². The minimum absolute atomic E-state index is 0.0622. The average Bonchev–Trinajstić information content (AvgIpc) is 2.76. The van der Waals surface area contributed by atoms with E-state index in [2.05, 4.69) is 5.32 Å². The Bertz CT molecular complexity index is 273. The largest absolute Gasteiger partial charge is 0.386 e. The van der Waals surface area contributed by atoms with Crippen LogP contribution in [0.1, 0.15) is 33.6 Å². The van der Waals surface area contributed by atoms with Crippen molar-refractivity contribution >= 4 is 6.03 Å². The number of hydrogen-bond acceptors (Lipinski definition) is 2. The molecular weight excluding hydrogens is 192 g/mol. The first-order valence-corrected chi connectivity index (χ1v) is 5.60. The normalized spacial score (nSPS) is 24.7. The number of urea groups is 1. The van der Waals surface area contributed by atoms with Crippen molar-refractivity contribution in [2.75, 3.05) is 13.1 Å². The van der Waals surface area contributed by atoms with Gasteiger partial charge in [-0.1, -0.05) is 0 Å². The molecule has 1 saturated carbocycles.